The minimum Gasteiger partial charge on any atom is -0.449 e. The van der Waals surface area contributed by atoms with Gasteiger partial charge in [-0.15, -0.1) is 0 Å². The highest BCUT2D eigenvalue weighted by Gasteiger charge is 2.39. The maximum absolute atomic E-state index is 13.7. The molecule has 2 amide bonds. The number of furan rings is 1. The van der Waals surface area contributed by atoms with Gasteiger partial charge in [-0.25, -0.2) is 0 Å². The van der Waals surface area contributed by atoms with Crippen molar-refractivity contribution >= 4 is 34.4 Å². The van der Waals surface area contributed by atoms with Crippen LogP contribution in [-0.2, 0) is 11.0 Å². The summed E-state index contributed by atoms with van der Waals surface area (Å²) in [6.45, 7) is 0.897. The zero-order chi connectivity index (χ0) is 22.6. The Morgan fingerprint density at radius 2 is 1.78 bits per heavy atom. The lowest BCUT2D eigenvalue weighted by Crippen LogP contribution is -2.40. The van der Waals surface area contributed by atoms with Crippen molar-refractivity contribution in [3.63, 3.8) is 0 Å². The van der Waals surface area contributed by atoms with E-state index in [4.69, 9.17) is 16.0 Å². The van der Waals surface area contributed by atoms with Gasteiger partial charge in [0, 0.05) is 37.5 Å². The molecule has 3 fully saturated rings. The summed E-state index contributed by atoms with van der Waals surface area (Å²) in [6, 6.07) is 2.93. The van der Waals surface area contributed by atoms with Gasteiger partial charge in [-0.1, -0.05) is 24.4 Å². The van der Waals surface area contributed by atoms with Gasteiger partial charge < -0.3 is 14.2 Å². The largest absolute Gasteiger partial charge is 0.449 e. The number of halogens is 4. The summed E-state index contributed by atoms with van der Waals surface area (Å²) in [5, 5.41) is 0.0199. The van der Waals surface area contributed by atoms with E-state index in [2.05, 4.69) is 0 Å². The Hall–Kier alpha value is -2.22. The van der Waals surface area contributed by atoms with E-state index in [0.717, 1.165) is 44.6 Å². The smallest absolute Gasteiger partial charge is 0.420 e. The second-order valence-electron chi connectivity index (χ2n) is 9.03. The van der Waals surface area contributed by atoms with Gasteiger partial charge in [0.25, 0.3) is 5.91 Å². The number of benzene rings is 1. The number of alkyl halides is 3. The molecule has 0 atom stereocenters. The van der Waals surface area contributed by atoms with Crippen molar-refractivity contribution in [3.05, 3.63) is 34.0 Å². The number of fused-ring (bicyclic) bond motifs is 1. The van der Waals surface area contributed by atoms with Gasteiger partial charge in [-0.05, 0) is 49.3 Å². The van der Waals surface area contributed by atoms with Crippen molar-refractivity contribution in [1.82, 2.24) is 9.80 Å². The normalized spacial score (nSPS) is 20.9. The average molecular weight is 469 g/mol. The lowest BCUT2D eigenvalue weighted by atomic mass is 10.0. The first-order valence-electron chi connectivity index (χ1n) is 11.2. The summed E-state index contributed by atoms with van der Waals surface area (Å²) >= 11 is 6.41. The minimum absolute atomic E-state index is 0.0105. The number of hydrogen-bond donors (Lipinski definition) is 0. The zero-order valence-electron chi connectivity index (χ0n) is 17.5. The maximum atomic E-state index is 13.7. The molecule has 1 saturated heterocycles. The van der Waals surface area contributed by atoms with Crippen molar-refractivity contribution in [2.45, 2.75) is 63.1 Å². The average Bonchev–Trinajstić information content (AvgIpc) is 3.42. The van der Waals surface area contributed by atoms with E-state index in [1.54, 1.807) is 6.07 Å². The predicted octanol–water partition coefficient (Wildman–Crippen LogP) is 5.60. The van der Waals surface area contributed by atoms with E-state index in [0.29, 0.717) is 18.7 Å². The molecule has 1 aromatic carbocycles. The van der Waals surface area contributed by atoms with Crippen molar-refractivity contribution in [2.24, 2.45) is 0 Å². The number of rotatable bonds is 3. The molecule has 1 aromatic heterocycles. The van der Waals surface area contributed by atoms with E-state index in [-0.39, 0.29) is 47.0 Å². The van der Waals surface area contributed by atoms with Crippen LogP contribution in [0.15, 0.2) is 16.5 Å². The van der Waals surface area contributed by atoms with E-state index in [1.807, 2.05) is 4.90 Å². The Morgan fingerprint density at radius 1 is 1.06 bits per heavy atom. The van der Waals surface area contributed by atoms with Crippen LogP contribution in [0.5, 0.6) is 0 Å². The lowest BCUT2D eigenvalue weighted by molar-refractivity contribution is -0.137. The summed E-state index contributed by atoms with van der Waals surface area (Å²) in [4.78, 5) is 29.1. The van der Waals surface area contributed by atoms with Crippen LogP contribution in [0.4, 0.5) is 13.2 Å². The summed E-state index contributed by atoms with van der Waals surface area (Å²) in [6.07, 6.45) is 1.36. The highest BCUT2D eigenvalue weighted by atomic mass is 35.5. The van der Waals surface area contributed by atoms with Crippen molar-refractivity contribution < 1.29 is 27.2 Å². The molecular weight excluding hydrogens is 445 g/mol. The van der Waals surface area contributed by atoms with E-state index in [1.165, 1.54) is 4.90 Å². The Labute approximate surface area is 188 Å². The molecule has 2 saturated carbocycles. The van der Waals surface area contributed by atoms with Crippen LogP contribution in [0.2, 0.25) is 5.02 Å². The van der Waals surface area contributed by atoms with Gasteiger partial charge in [0.2, 0.25) is 11.7 Å². The Bertz CT molecular complexity index is 1070. The molecule has 0 spiro atoms. The third-order valence-electron chi connectivity index (χ3n) is 6.88. The van der Waals surface area contributed by atoms with Gasteiger partial charge in [0.05, 0.1) is 10.6 Å². The first-order chi connectivity index (χ1) is 15.2. The Balaban J connectivity index is 1.46. The molecule has 5 nitrogen and oxygen atoms in total. The highest BCUT2D eigenvalue weighted by Crippen LogP contribution is 2.47. The fourth-order valence-electron chi connectivity index (χ4n) is 4.98. The number of carbonyl (C=O) groups excluding carboxylic acids is 2. The first kappa shape index (κ1) is 21.6. The number of nitrogens with zero attached hydrogens (tertiary/aromatic N) is 2. The molecule has 1 aliphatic heterocycles. The summed E-state index contributed by atoms with van der Waals surface area (Å²) in [5.41, 5.74) is -0.746. The molecule has 2 heterocycles. The molecule has 0 radical (unpaired) electrons. The number of hydrogen-bond acceptors (Lipinski definition) is 3. The van der Waals surface area contributed by atoms with Crippen LogP contribution >= 0.6 is 11.6 Å². The first-order valence-corrected chi connectivity index (χ1v) is 11.5. The van der Waals surface area contributed by atoms with Gasteiger partial charge in [-0.2, -0.15) is 13.2 Å². The van der Waals surface area contributed by atoms with Crippen LogP contribution in [0.1, 0.15) is 72.5 Å². The quantitative estimate of drug-likeness (QED) is 0.589. The van der Waals surface area contributed by atoms with Crippen LogP contribution < -0.4 is 0 Å². The topological polar surface area (TPSA) is 53.8 Å². The van der Waals surface area contributed by atoms with Crippen molar-refractivity contribution in [1.29, 1.82) is 0 Å². The SMILES string of the molecule is O=C(c1oc2c(C(F)(F)F)cc(C3CC3)cc2c1Cl)N1CCC(=O)N(C2CCCC2)CC1. The standard InChI is InChI=1S/C23H24ClF3N2O3/c24-19-16-11-14(13-5-6-13)12-17(23(25,26)27)20(16)32-21(19)22(31)28-8-7-18(30)29(10-9-28)15-3-1-2-4-15/h11-13,15H,1-10H2. The van der Waals surface area contributed by atoms with E-state index in [9.17, 15) is 22.8 Å². The van der Waals surface area contributed by atoms with Gasteiger partial charge >= 0.3 is 6.18 Å². The van der Waals surface area contributed by atoms with Gasteiger partial charge in [0.15, 0.2) is 0 Å². The Morgan fingerprint density at radius 3 is 2.44 bits per heavy atom. The highest BCUT2D eigenvalue weighted by molar-refractivity contribution is 6.38. The third kappa shape index (κ3) is 3.87. The van der Waals surface area contributed by atoms with Crippen molar-refractivity contribution in [3.8, 4) is 0 Å². The molecule has 0 N–H and O–H groups in total. The van der Waals surface area contributed by atoms with E-state index < -0.39 is 23.2 Å². The number of carbonyl (C=O) groups is 2. The monoisotopic (exact) mass is 468 g/mol. The molecule has 2 aromatic rings. The molecule has 32 heavy (non-hydrogen) atoms. The third-order valence-corrected chi connectivity index (χ3v) is 7.25. The lowest BCUT2D eigenvalue weighted by Gasteiger charge is -2.27. The second kappa shape index (κ2) is 7.97. The van der Waals surface area contributed by atoms with E-state index >= 15 is 0 Å². The van der Waals surface area contributed by atoms with Crippen LogP contribution in [0.3, 0.4) is 0 Å². The molecule has 0 unspecified atom stereocenters. The maximum Gasteiger partial charge on any atom is 0.420 e. The molecular formula is C23H24ClF3N2O3. The van der Waals surface area contributed by atoms with Crippen LogP contribution in [0, 0.1) is 0 Å². The fraction of sp³-hybridized carbons (Fsp3) is 0.565. The number of amides is 2. The predicted molar refractivity (Wildman–Crippen MR) is 113 cm³/mol. The summed E-state index contributed by atoms with van der Waals surface area (Å²) < 4.78 is 46.7. The second-order valence-corrected chi connectivity index (χ2v) is 9.41. The fourth-order valence-corrected chi connectivity index (χ4v) is 5.24. The van der Waals surface area contributed by atoms with Crippen LogP contribution in [0.25, 0.3) is 11.0 Å². The van der Waals surface area contributed by atoms with Gasteiger partial charge in [0.1, 0.15) is 5.58 Å². The molecule has 0 bridgehead atoms. The summed E-state index contributed by atoms with van der Waals surface area (Å²) in [7, 11) is 0. The van der Waals surface area contributed by atoms with Crippen molar-refractivity contribution in [2.75, 3.05) is 19.6 Å². The molecule has 5 rings (SSSR count). The molecule has 9 heteroatoms. The van der Waals surface area contributed by atoms with Gasteiger partial charge in [-0.3, -0.25) is 9.59 Å². The Kier molecular flexibility index (Phi) is 5.39. The van der Waals surface area contributed by atoms with Crippen LogP contribution in [-0.4, -0.2) is 47.3 Å². The molecule has 3 aliphatic rings. The molecule has 172 valence electrons. The zero-order valence-corrected chi connectivity index (χ0v) is 18.3. The summed E-state index contributed by atoms with van der Waals surface area (Å²) in [5.74, 6) is -0.768. The minimum atomic E-state index is -4.62. The molecule has 2 aliphatic carbocycles.